The van der Waals surface area contributed by atoms with E-state index in [1.165, 1.54) is 0 Å². The van der Waals surface area contributed by atoms with Crippen molar-refractivity contribution in [1.82, 2.24) is 5.32 Å². The molecule has 1 rings (SSSR count). The molecule has 1 fully saturated rings. The highest BCUT2D eigenvalue weighted by Crippen LogP contribution is 2.48. The lowest BCUT2D eigenvalue weighted by molar-refractivity contribution is -0.166. The number of primary amides is 1. The van der Waals surface area contributed by atoms with Crippen LogP contribution >= 0.6 is 0 Å². The van der Waals surface area contributed by atoms with Crippen molar-refractivity contribution in [3.63, 3.8) is 0 Å². The molecule has 13 heavy (non-hydrogen) atoms. The van der Waals surface area contributed by atoms with Crippen molar-refractivity contribution in [2.24, 2.45) is 5.73 Å². The molecule has 1 saturated carbocycles. The molecule has 0 aromatic rings. The number of hydrogen-bond donors (Lipinski definition) is 2. The third-order valence-electron chi connectivity index (χ3n) is 2.13. The minimum atomic E-state index is -4.22. The SMILES string of the molecule is NC(=O)CCNC1(C(F)(F)F)CC1. The molecule has 0 atom stereocenters. The molecule has 0 aromatic carbocycles. The number of alkyl halides is 3. The van der Waals surface area contributed by atoms with Gasteiger partial charge in [0, 0.05) is 13.0 Å². The second kappa shape index (κ2) is 3.17. The van der Waals surface area contributed by atoms with Gasteiger partial charge in [0.2, 0.25) is 5.91 Å². The molecule has 1 aliphatic carbocycles. The van der Waals surface area contributed by atoms with E-state index in [9.17, 15) is 18.0 Å². The number of nitrogens with one attached hydrogen (secondary N) is 1. The van der Waals surface area contributed by atoms with Crippen LogP contribution in [0.1, 0.15) is 19.3 Å². The fraction of sp³-hybridized carbons (Fsp3) is 0.857. The average Bonchev–Trinajstić information content (AvgIpc) is 2.65. The van der Waals surface area contributed by atoms with Crippen LogP contribution in [0.25, 0.3) is 0 Å². The van der Waals surface area contributed by atoms with Gasteiger partial charge in [0.25, 0.3) is 0 Å². The van der Waals surface area contributed by atoms with E-state index in [-0.39, 0.29) is 25.8 Å². The lowest BCUT2D eigenvalue weighted by Gasteiger charge is -2.20. The van der Waals surface area contributed by atoms with Crippen LogP contribution < -0.4 is 11.1 Å². The molecule has 76 valence electrons. The number of hydrogen-bond acceptors (Lipinski definition) is 2. The normalized spacial score (nSPS) is 19.9. The summed E-state index contributed by atoms with van der Waals surface area (Å²) in [5.41, 5.74) is 3.06. The smallest absolute Gasteiger partial charge is 0.370 e. The van der Waals surface area contributed by atoms with Gasteiger partial charge in [-0.2, -0.15) is 13.2 Å². The molecular formula is C7H11F3N2O. The molecule has 0 unspecified atom stereocenters. The Morgan fingerprint density at radius 3 is 2.31 bits per heavy atom. The Morgan fingerprint density at radius 1 is 1.46 bits per heavy atom. The predicted molar refractivity (Wildman–Crippen MR) is 39.8 cm³/mol. The van der Waals surface area contributed by atoms with Crippen molar-refractivity contribution in [2.45, 2.75) is 31.0 Å². The Labute approximate surface area is 73.5 Å². The zero-order valence-electron chi connectivity index (χ0n) is 6.95. The van der Waals surface area contributed by atoms with Crippen LogP contribution in [0.4, 0.5) is 13.2 Å². The van der Waals surface area contributed by atoms with Crippen LogP contribution in [0.2, 0.25) is 0 Å². The van der Waals surface area contributed by atoms with Crippen LogP contribution in [-0.2, 0) is 4.79 Å². The first-order valence-corrected chi connectivity index (χ1v) is 3.97. The third kappa shape index (κ3) is 2.33. The first-order valence-electron chi connectivity index (χ1n) is 3.97. The quantitative estimate of drug-likeness (QED) is 0.689. The summed E-state index contributed by atoms with van der Waals surface area (Å²) in [5.74, 6) is -0.592. The van der Waals surface area contributed by atoms with Crippen molar-refractivity contribution in [3.05, 3.63) is 0 Å². The summed E-state index contributed by atoms with van der Waals surface area (Å²) in [6.45, 7) is -0.00512. The van der Waals surface area contributed by atoms with E-state index < -0.39 is 17.6 Å². The van der Waals surface area contributed by atoms with Crippen molar-refractivity contribution in [1.29, 1.82) is 0 Å². The highest BCUT2D eigenvalue weighted by Gasteiger charge is 2.62. The van der Waals surface area contributed by atoms with Crippen LogP contribution in [0.5, 0.6) is 0 Å². The highest BCUT2D eigenvalue weighted by atomic mass is 19.4. The van der Waals surface area contributed by atoms with Crippen molar-refractivity contribution in [3.8, 4) is 0 Å². The Bertz CT molecular complexity index is 210. The lowest BCUT2D eigenvalue weighted by Crippen LogP contribution is -2.45. The molecule has 6 heteroatoms. The topological polar surface area (TPSA) is 55.1 Å². The van der Waals surface area contributed by atoms with E-state index in [1.54, 1.807) is 0 Å². The number of halogens is 3. The first-order chi connectivity index (χ1) is 5.87. The van der Waals surface area contributed by atoms with Crippen LogP contribution in [0.15, 0.2) is 0 Å². The van der Waals surface area contributed by atoms with E-state index in [0.717, 1.165) is 0 Å². The van der Waals surface area contributed by atoms with Crippen LogP contribution in [0.3, 0.4) is 0 Å². The molecule has 1 aliphatic rings. The largest absolute Gasteiger partial charge is 0.406 e. The lowest BCUT2D eigenvalue weighted by atomic mass is 10.2. The average molecular weight is 196 g/mol. The Kier molecular flexibility index (Phi) is 2.51. The van der Waals surface area contributed by atoms with E-state index >= 15 is 0 Å². The van der Waals surface area contributed by atoms with Gasteiger partial charge in [-0.05, 0) is 12.8 Å². The number of rotatable bonds is 4. The summed E-state index contributed by atoms with van der Waals surface area (Å²) in [6, 6.07) is 0. The van der Waals surface area contributed by atoms with Gasteiger partial charge in [-0.25, -0.2) is 0 Å². The monoisotopic (exact) mass is 196 g/mol. The standard InChI is InChI=1S/C7H11F3N2O/c8-7(9,10)6(2-3-6)12-4-1-5(11)13/h12H,1-4H2,(H2,11,13). The van der Waals surface area contributed by atoms with Gasteiger partial charge in [0.15, 0.2) is 0 Å². The molecule has 3 N–H and O–H groups in total. The summed E-state index contributed by atoms with van der Waals surface area (Å²) < 4.78 is 36.7. The van der Waals surface area contributed by atoms with Gasteiger partial charge in [0.05, 0.1) is 0 Å². The fourth-order valence-corrected chi connectivity index (χ4v) is 1.11. The Hall–Kier alpha value is -0.780. The Balaban J connectivity index is 2.32. The maximum atomic E-state index is 12.2. The molecular weight excluding hydrogens is 185 g/mol. The first kappa shape index (κ1) is 10.3. The molecule has 1 amide bonds. The minimum absolute atomic E-state index is 0.00512. The molecule has 0 bridgehead atoms. The van der Waals surface area contributed by atoms with Gasteiger partial charge in [0.1, 0.15) is 5.54 Å². The van der Waals surface area contributed by atoms with E-state index in [4.69, 9.17) is 5.73 Å². The molecule has 0 saturated heterocycles. The number of nitrogens with two attached hydrogens (primary N) is 1. The van der Waals surface area contributed by atoms with Gasteiger partial charge in [-0.3, -0.25) is 4.79 Å². The summed E-state index contributed by atoms with van der Waals surface area (Å²) in [7, 11) is 0. The van der Waals surface area contributed by atoms with Crippen LogP contribution in [0, 0.1) is 0 Å². The van der Waals surface area contributed by atoms with Crippen molar-refractivity contribution >= 4 is 5.91 Å². The molecule has 0 radical (unpaired) electrons. The number of carbonyl (C=O) groups excluding carboxylic acids is 1. The summed E-state index contributed by atoms with van der Waals surface area (Å²) in [6.07, 6.45) is -4.09. The van der Waals surface area contributed by atoms with E-state index in [1.807, 2.05) is 0 Å². The van der Waals surface area contributed by atoms with Crippen molar-refractivity contribution < 1.29 is 18.0 Å². The maximum Gasteiger partial charge on any atom is 0.406 e. The Morgan fingerprint density at radius 2 is 2.00 bits per heavy atom. The number of amides is 1. The second-order valence-electron chi connectivity index (χ2n) is 3.22. The fourth-order valence-electron chi connectivity index (χ4n) is 1.11. The minimum Gasteiger partial charge on any atom is -0.370 e. The summed E-state index contributed by atoms with van der Waals surface area (Å²) in [4.78, 5) is 10.3. The summed E-state index contributed by atoms with van der Waals surface area (Å²) in [5, 5.41) is 2.32. The predicted octanol–water partition coefficient (Wildman–Crippen LogP) is 0.546. The van der Waals surface area contributed by atoms with Crippen LogP contribution in [-0.4, -0.2) is 24.2 Å². The van der Waals surface area contributed by atoms with Gasteiger partial charge < -0.3 is 11.1 Å². The summed E-state index contributed by atoms with van der Waals surface area (Å²) >= 11 is 0. The second-order valence-corrected chi connectivity index (χ2v) is 3.22. The molecule has 0 aliphatic heterocycles. The molecule has 3 nitrogen and oxygen atoms in total. The third-order valence-corrected chi connectivity index (χ3v) is 2.13. The zero-order chi connectivity index (χ0) is 10.1. The molecule has 0 spiro atoms. The molecule has 0 heterocycles. The highest BCUT2D eigenvalue weighted by molar-refractivity contribution is 5.73. The number of carbonyl (C=O) groups is 1. The zero-order valence-corrected chi connectivity index (χ0v) is 6.95. The van der Waals surface area contributed by atoms with E-state index in [2.05, 4.69) is 5.32 Å². The van der Waals surface area contributed by atoms with Gasteiger partial charge >= 0.3 is 6.18 Å². The van der Waals surface area contributed by atoms with E-state index in [0.29, 0.717) is 0 Å². The van der Waals surface area contributed by atoms with Gasteiger partial charge in [-0.1, -0.05) is 0 Å². The van der Waals surface area contributed by atoms with Crippen molar-refractivity contribution in [2.75, 3.05) is 6.54 Å². The van der Waals surface area contributed by atoms with Gasteiger partial charge in [-0.15, -0.1) is 0 Å². The maximum absolute atomic E-state index is 12.2. The molecule has 0 aromatic heterocycles.